The quantitative estimate of drug-likeness (QED) is 0.0898. The molecule has 6 aliphatic rings. The van der Waals surface area contributed by atoms with Crippen molar-refractivity contribution in [3.63, 3.8) is 0 Å². The first kappa shape index (κ1) is 75.5. The summed E-state index contributed by atoms with van der Waals surface area (Å²) in [5, 5.41) is 62.9. The maximum atomic E-state index is 10.4. The summed E-state index contributed by atoms with van der Waals surface area (Å²) in [4.78, 5) is 49.3. The molecule has 2 radical (unpaired) electrons. The van der Waals surface area contributed by atoms with Crippen LogP contribution in [0.4, 0.5) is 0 Å². The van der Waals surface area contributed by atoms with Crippen LogP contribution in [0.25, 0.3) is 0 Å². The Balaban J connectivity index is 0.000000299. The van der Waals surface area contributed by atoms with Crippen LogP contribution in [0.1, 0.15) is 175 Å². The molecule has 20 nitrogen and oxygen atoms in total. The number of carboxylic acids is 4. The van der Waals surface area contributed by atoms with Crippen molar-refractivity contribution in [3.8, 4) is 0 Å². The summed E-state index contributed by atoms with van der Waals surface area (Å²) >= 11 is 0. The van der Waals surface area contributed by atoms with E-state index in [9.17, 15) is 19.2 Å². The van der Waals surface area contributed by atoms with Crippen LogP contribution in [0.15, 0.2) is 97.1 Å². The number of aliphatic carboxylic acids is 4. The normalized spacial score (nSPS) is 24.6. The van der Waals surface area contributed by atoms with Gasteiger partial charge in [0.1, 0.15) is 12.1 Å². The molecule has 4 aliphatic carbocycles. The van der Waals surface area contributed by atoms with E-state index in [2.05, 4.69) is 78.9 Å². The second-order valence-corrected chi connectivity index (χ2v) is 22.5. The van der Waals surface area contributed by atoms with Crippen molar-refractivity contribution in [2.45, 2.75) is 216 Å². The minimum absolute atomic E-state index is 0. The molecule has 86 heavy (non-hydrogen) atoms. The summed E-state index contributed by atoms with van der Waals surface area (Å²) < 4.78 is 0. The summed E-state index contributed by atoms with van der Waals surface area (Å²) in [5.74, 6) is -3.50. The van der Waals surface area contributed by atoms with Gasteiger partial charge in [-0.15, -0.1) is 0 Å². The molecule has 0 saturated heterocycles. The van der Waals surface area contributed by atoms with Gasteiger partial charge in [-0.05, 0) is 86.8 Å². The van der Waals surface area contributed by atoms with Crippen molar-refractivity contribution >= 4 is 23.9 Å². The Bertz CT molecular complexity index is 2240. The molecule has 4 bridgehead atoms. The second-order valence-electron chi connectivity index (χ2n) is 22.5. The molecule has 478 valence electrons. The molecule has 4 saturated carbocycles. The molecule has 4 fully saturated rings. The van der Waals surface area contributed by atoms with Gasteiger partial charge in [-0.2, -0.15) is 0 Å². The van der Waals surface area contributed by atoms with Crippen LogP contribution in [0.3, 0.4) is 0 Å². The van der Waals surface area contributed by atoms with Gasteiger partial charge in [0.2, 0.25) is 0 Å². The number of nitrogens with one attached hydrogen (secondary N) is 8. The molecular weight excluding hydrogens is 1170 g/mol. The Morgan fingerprint density at radius 3 is 0.791 bits per heavy atom. The zero-order valence-electron chi connectivity index (χ0n) is 50.6. The van der Waals surface area contributed by atoms with Gasteiger partial charge in [-0.25, -0.2) is 0 Å². The predicted octanol–water partition coefficient (Wildman–Crippen LogP) is 6.65. The molecule has 0 unspecified atom stereocenters. The number of rotatable bonds is 6. The number of carbonyl (C=O) groups is 4. The van der Waals surface area contributed by atoms with E-state index < -0.39 is 36.0 Å². The number of aromatic nitrogens is 2. The molecule has 4 heterocycles. The van der Waals surface area contributed by atoms with E-state index in [0.717, 1.165) is 52.4 Å². The van der Waals surface area contributed by atoms with Crippen LogP contribution in [-0.2, 0) is 79.5 Å². The molecule has 16 N–H and O–H groups in total. The molecule has 10 rings (SSSR count). The SMILES string of the molecule is CCC(=O)O.CCC(=O)O.N[C@H](C(=O)O)c1ccccc1.N[C@H](C(=O)O)c1ccccc1.[Mn].[Mn].c1cc2nc(c1)CN[C@H]1CCCC[C@@H]1NCCN[C@H]1CCCC[C@@H]1NC2.c1cc2nc(c1)CN[C@H]1CCCC[C@@H]1NCCN[C@H]1CCCC[C@@H]1NC2. The van der Waals surface area contributed by atoms with Gasteiger partial charge in [0.25, 0.3) is 0 Å². The Labute approximate surface area is 531 Å². The second kappa shape index (κ2) is 43.8. The molecule has 2 aromatic carbocycles. The predicted molar refractivity (Wildman–Crippen MR) is 330 cm³/mol. The Morgan fingerprint density at radius 2 is 0.593 bits per heavy atom. The zero-order valence-corrected chi connectivity index (χ0v) is 53.0. The van der Waals surface area contributed by atoms with Crippen LogP contribution in [0, 0.1) is 0 Å². The summed E-state index contributed by atoms with van der Waals surface area (Å²) in [6.07, 6.45) is 21.5. The third-order valence-electron chi connectivity index (χ3n) is 16.3. The van der Waals surface area contributed by atoms with Gasteiger partial charge in [0.05, 0.1) is 22.8 Å². The van der Waals surface area contributed by atoms with Crippen LogP contribution >= 0.6 is 0 Å². The van der Waals surface area contributed by atoms with Crippen LogP contribution in [0.5, 0.6) is 0 Å². The molecule has 22 heteroatoms. The molecule has 2 aromatic heterocycles. The Hall–Kier alpha value is -4.74. The number of fused-ring (bicyclic) bond motifs is 8. The van der Waals surface area contributed by atoms with E-state index in [1.54, 1.807) is 62.4 Å². The largest absolute Gasteiger partial charge is 0.481 e. The number of pyridine rings is 2. The van der Waals surface area contributed by atoms with E-state index in [0.29, 0.717) is 59.5 Å². The first-order valence-corrected chi connectivity index (χ1v) is 31.0. The smallest absolute Gasteiger partial charge is 0.325 e. The minimum Gasteiger partial charge on any atom is -0.481 e. The molecular formula is C64H100Mn2N12O8. The van der Waals surface area contributed by atoms with Crippen molar-refractivity contribution < 1.29 is 73.7 Å². The third-order valence-corrected chi connectivity index (χ3v) is 16.3. The number of nitrogens with two attached hydrogens (primary N) is 2. The van der Waals surface area contributed by atoms with E-state index >= 15 is 0 Å². The first-order valence-electron chi connectivity index (χ1n) is 31.0. The number of hydrogen-bond acceptors (Lipinski definition) is 16. The van der Waals surface area contributed by atoms with Gasteiger partial charge >= 0.3 is 23.9 Å². The number of nitrogens with zero attached hydrogens (tertiary/aromatic N) is 2. The fourth-order valence-corrected chi connectivity index (χ4v) is 11.5. The molecule has 0 amide bonds. The van der Waals surface area contributed by atoms with Crippen LogP contribution < -0.4 is 54.0 Å². The van der Waals surface area contributed by atoms with Gasteiger partial charge < -0.3 is 74.4 Å². The average molecular weight is 1280 g/mol. The average Bonchev–Trinajstić information content (AvgIpc) is 3.81. The topological polar surface area (TPSA) is 323 Å². The van der Waals surface area contributed by atoms with Crippen molar-refractivity contribution in [3.05, 3.63) is 131 Å². The molecule has 0 spiro atoms. The van der Waals surface area contributed by atoms with Crippen molar-refractivity contribution in [1.82, 2.24) is 52.5 Å². The summed E-state index contributed by atoms with van der Waals surface area (Å²) in [7, 11) is 0. The Morgan fingerprint density at radius 1 is 0.384 bits per heavy atom. The van der Waals surface area contributed by atoms with Gasteiger partial charge in [-0.1, -0.05) is 138 Å². The number of carboxylic acid groups (broad SMARTS) is 4. The van der Waals surface area contributed by atoms with Crippen LogP contribution in [-0.4, -0.2) is 129 Å². The van der Waals surface area contributed by atoms with E-state index in [1.165, 1.54) is 126 Å². The minimum atomic E-state index is -1.00. The standard InChI is InChI=1S/2C21H35N5.2C8H9NO2.2C3H6O2.2Mn/c2*1-3-10-20-18(8-1)22-12-13-23-19-9-2-4-11-21(19)25-15-17-7-5-6-16(26-17)14-24-20;2*9-7(8(10)11)6-4-2-1-3-5-6;2*1-2-3(4)5;;/h2*5-7,18-25H,1-4,8-15H2;2*1-5,7H,9H2,(H,10,11);2*2H2,1H3,(H,4,5);;/t2*18-,19-,20-,21-;2*7-;;;;/m0000..../s1. The Kier molecular flexibility index (Phi) is 38.5. The number of hydrogen-bond donors (Lipinski definition) is 14. The van der Waals surface area contributed by atoms with E-state index in [-0.39, 0.29) is 47.0 Å². The summed E-state index contributed by atoms with van der Waals surface area (Å²) in [6.45, 7) is 11.0. The molecule has 10 atom stereocenters. The van der Waals surface area contributed by atoms with Crippen molar-refractivity contribution in [2.75, 3.05) is 26.2 Å². The van der Waals surface area contributed by atoms with E-state index in [4.69, 9.17) is 41.9 Å². The van der Waals surface area contributed by atoms with Gasteiger partial charge in [0.15, 0.2) is 0 Å². The number of benzene rings is 2. The summed E-state index contributed by atoms with van der Waals surface area (Å²) in [6, 6.07) is 33.3. The first-order chi connectivity index (χ1) is 40.7. The molecule has 2 aliphatic heterocycles. The fraction of sp³-hybridized carbons (Fsp3) is 0.594. The maximum Gasteiger partial charge on any atom is 0.325 e. The monoisotopic (exact) mass is 1270 g/mol. The van der Waals surface area contributed by atoms with Gasteiger partial charge in [0, 0.05) is 148 Å². The fourth-order valence-electron chi connectivity index (χ4n) is 11.5. The summed E-state index contributed by atoms with van der Waals surface area (Å²) in [5.41, 5.74) is 16.6. The van der Waals surface area contributed by atoms with E-state index in [1.807, 2.05) is 12.1 Å². The third kappa shape index (κ3) is 29.1. The maximum absolute atomic E-state index is 10.4. The van der Waals surface area contributed by atoms with Crippen molar-refractivity contribution in [2.24, 2.45) is 11.5 Å². The van der Waals surface area contributed by atoms with Crippen molar-refractivity contribution in [1.29, 1.82) is 0 Å². The zero-order chi connectivity index (χ0) is 60.3. The van der Waals surface area contributed by atoms with Gasteiger partial charge in [-0.3, -0.25) is 29.1 Å². The van der Waals surface area contributed by atoms with Crippen LogP contribution in [0.2, 0.25) is 0 Å². The molecule has 4 aromatic rings.